The number of halogens is 3. The molecule has 0 amide bonds. The molecule has 0 bridgehead atoms. The summed E-state index contributed by atoms with van der Waals surface area (Å²) in [5, 5.41) is 1.42. The summed E-state index contributed by atoms with van der Waals surface area (Å²) in [4.78, 5) is 4.18. The number of benzene rings is 1. The van der Waals surface area contributed by atoms with Crippen LogP contribution in [0.2, 0.25) is 15.1 Å². The van der Waals surface area contributed by atoms with Crippen LogP contribution in [0.3, 0.4) is 0 Å². The number of ether oxygens (including phenoxy) is 1. The quantitative estimate of drug-likeness (QED) is 0.735. The number of hydrogen-bond donors (Lipinski definition) is 0. The van der Waals surface area contributed by atoms with E-state index in [1.807, 2.05) is 13.0 Å². The van der Waals surface area contributed by atoms with Crippen LogP contribution in [0.15, 0.2) is 30.5 Å². The third-order valence-electron chi connectivity index (χ3n) is 2.33. The fourth-order valence-corrected chi connectivity index (χ4v) is 2.25. The standard InChI is InChI=1S/C13H10Cl3NO/c1-2-18-12-4-3-8(7-17-12)10-5-9(14)6-11(15)13(10)16/h3-7H,2H2,1H3. The molecule has 0 saturated carbocycles. The van der Waals surface area contributed by atoms with E-state index < -0.39 is 0 Å². The Bertz CT molecular complexity index is 555. The SMILES string of the molecule is CCOc1ccc(-c2cc(Cl)cc(Cl)c2Cl)cn1. The summed E-state index contributed by atoms with van der Waals surface area (Å²) in [6.07, 6.45) is 1.68. The molecule has 0 radical (unpaired) electrons. The molecule has 0 unspecified atom stereocenters. The Morgan fingerprint density at radius 3 is 2.56 bits per heavy atom. The second-order valence-corrected chi connectivity index (χ2v) is 4.79. The molecule has 0 spiro atoms. The van der Waals surface area contributed by atoms with E-state index in [4.69, 9.17) is 39.5 Å². The molecule has 2 aromatic rings. The van der Waals surface area contributed by atoms with Crippen LogP contribution in [0, 0.1) is 0 Å². The van der Waals surface area contributed by atoms with Crippen LogP contribution in [0.4, 0.5) is 0 Å². The van der Waals surface area contributed by atoms with Crippen LogP contribution in [0.5, 0.6) is 5.88 Å². The zero-order chi connectivity index (χ0) is 13.1. The van der Waals surface area contributed by atoms with Gasteiger partial charge in [0.1, 0.15) is 0 Å². The molecule has 5 heteroatoms. The van der Waals surface area contributed by atoms with E-state index in [1.165, 1.54) is 0 Å². The lowest BCUT2D eigenvalue weighted by atomic mass is 10.1. The second-order valence-electron chi connectivity index (χ2n) is 3.57. The van der Waals surface area contributed by atoms with Crippen molar-refractivity contribution < 1.29 is 4.74 Å². The molecule has 0 fully saturated rings. The Labute approximate surface area is 120 Å². The van der Waals surface area contributed by atoms with E-state index in [1.54, 1.807) is 24.4 Å². The van der Waals surface area contributed by atoms with Gasteiger partial charge in [-0.05, 0) is 25.1 Å². The van der Waals surface area contributed by atoms with Crippen molar-refractivity contribution in [1.29, 1.82) is 0 Å². The Kier molecular flexibility index (Phi) is 4.33. The van der Waals surface area contributed by atoms with Gasteiger partial charge in [-0.25, -0.2) is 4.98 Å². The van der Waals surface area contributed by atoms with Crippen molar-refractivity contribution in [2.75, 3.05) is 6.61 Å². The molecule has 0 aliphatic heterocycles. The smallest absolute Gasteiger partial charge is 0.213 e. The fourth-order valence-electron chi connectivity index (χ4n) is 1.54. The topological polar surface area (TPSA) is 22.1 Å². The van der Waals surface area contributed by atoms with E-state index in [2.05, 4.69) is 4.98 Å². The Hall–Kier alpha value is -0.960. The molecule has 0 aliphatic carbocycles. The van der Waals surface area contributed by atoms with Gasteiger partial charge in [-0.2, -0.15) is 0 Å². The summed E-state index contributed by atoms with van der Waals surface area (Å²) in [6.45, 7) is 2.49. The van der Waals surface area contributed by atoms with Crippen molar-refractivity contribution in [3.63, 3.8) is 0 Å². The van der Waals surface area contributed by atoms with Crippen molar-refractivity contribution in [3.8, 4) is 17.0 Å². The molecule has 1 heterocycles. The first-order chi connectivity index (χ1) is 8.61. The number of pyridine rings is 1. The highest BCUT2D eigenvalue weighted by Gasteiger charge is 2.09. The molecule has 0 N–H and O–H groups in total. The normalized spacial score (nSPS) is 10.4. The van der Waals surface area contributed by atoms with Crippen molar-refractivity contribution in [2.24, 2.45) is 0 Å². The molecule has 0 atom stereocenters. The fraction of sp³-hybridized carbons (Fsp3) is 0.154. The van der Waals surface area contributed by atoms with Gasteiger partial charge in [0.15, 0.2) is 0 Å². The molecule has 0 saturated heterocycles. The van der Waals surface area contributed by atoms with Gasteiger partial charge in [0, 0.05) is 28.4 Å². The van der Waals surface area contributed by atoms with E-state index in [9.17, 15) is 0 Å². The maximum atomic E-state index is 6.15. The molecule has 0 aliphatic rings. The second kappa shape index (κ2) is 5.79. The highest BCUT2D eigenvalue weighted by Crippen LogP contribution is 2.36. The van der Waals surface area contributed by atoms with Gasteiger partial charge in [0.2, 0.25) is 5.88 Å². The first-order valence-electron chi connectivity index (χ1n) is 5.35. The molecule has 1 aromatic heterocycles. The summed E-state index contributed by atoms with van der Waals surface area (Å²) in [6, 6.07) is 7.01. The molecule has 94 valence electrons. The highest BCUT2D eigenvalue weighted by atomic mass is 35.5. The third kappa shape index (κ3) is 2.89. The zero-order valence-electron chi connectivity index (χ0n) is 9.58. The van der Waals surface area contributed by atoms with Crippen LogP contribution in [-0.2, 0) is 0 Å². The lowest BCUT2D eigenvalue weighted by Gasteiger charge is -2.08. The first kappa shape index (κ1) is 13.5. The summed E-state index contributed by atoms with van der Waals surface area (Å²) in [5.41, 5.74) is 1.59. The number of aromatic nitrogens is 1. The van der Waals surface area contributed by atoms with Gasteiger partial charge >= 0.3 is 0 Å². The van der Waals surface area contributed by atoms with E-state index in [0.29, 0.717) is 27.6 Å². The van der Waals surface area contributed by atoms with Crippen LogP contribution >= 0.6 is 34.8 Å². The predicted octanol–water partition coefficient (Wildman–Crippen LogP) is 5.11. The van der Waals surface area contributed by atoms with Crippen molar-refractivity contribution in [3.05, 3.63) is 45.5 Å². The van der Waals surface area contributed by atoms with E-state index >= 15 is 0 Å². The maximum absolute atomic E-state index is 6.15. The summed E-state index contributed by atoms with van der Waals surface area (Å²) in [7, 11) is 0. The third-order valence-corrected chi connectivity index (χ3v) is 3.35. The zero-order valence-corrected chi connectivity index (χ0v) is 11.9. The molecule has 2 nitrogen and oxygen atoms in total. The van der Waals surface area contributed by atoms with Gasteiger partial charge in [0.25, 0.3) is 0 Å². The molecular formula is C13H10Cl3NO. The minimum absolute atomic E-state index is 0.424. The largest absolute Gasteiger partial charge is 0.478 e. The van der Waals surface area contributed by atoms with E-state index in [0.717, 1.165) is 11.1 Å². The predicted molar refractivity (Wildman–Crippen MR) is 75.9 cm³/mol. The minimum Gasteiger partial charge on any atom is -0.478 e. The van der Waals surface area contributed by atoms with Gasteiger partial charge in [-0.3, -0.25) is 0 Å². The molecular weight excluding hydrogens is 293 g/mol. The maximum Gasteiger partial charge on any atom is 0.213 e. The number of hydrogen-bond acceptors (Lipinski definition) is 2. The van der Waals surface area contributed by atoms with Crippen LogP contribution < -0.4 is 4.74 Å². The molecule has 2 rings (SSSR count). The summed E-state index contributed by atoms with van der Waals surface area (Å²) >= 11 is 18.1. The highest BCUT2D eigenvalue weighted by molar-refractivity contribution is 6.45. The monoisotopic (exact) mass is 301 g/mol. The number of nitrogens with zero attached hydrogens (tertiary/aromatic N) is 1. The number of rotatable bonds is 3. The van der Waals surface area contributed by atoms with Crippen LogP contribution in [0.1, 0.15) is 6.92 Å². The molecule has 18 heavy (non-hydrogen) atoms. The van der Waals surface area contributed by atoms with Crippen LogP contribution in [-0.4, -0.2) is 11.6 Å². The first-order valence-corrected chi connectivity index (χ1v) is 6.49. The minimum atomic E-state index is 0.424. The Balaban J connectivity index is 2.42. The van der Waals surface area contributed by atoms with Gasteiger partial charge in [-0.15, -0.1) is 0 Å². The van der Waals surface area contributed by atoms with Gasteiger partial charge in [-0.1, -0.05) is 34.8 Å². The average molecular weight is 303 g/mol. The van der Waals surface area contributed by atoms with Crippen molar-refractivity contribution in [2.45, 2.75) is 6.92 Å². The van der Waals surface area contributed by atoms with Crippen LogP contribution in [0.25, 0.3) is 11.1 Å². The lowest BCUT2D eigenvalue weighted by molar-refractivity contribution is 0.327. The van der Waals surface area contributed by atoms with E-state index in [-0.39, 0.29) is 0 Å². The summed E-state index contributed by atoms with van der Waals surface area (Å²) < 4.78 is 5.28. The molecule has 1 aromatic carbocycles. The van der Waals surface area contributed by atoms with Crippen molar-refractivity contribution in [1.82, 2.24) is 4.98 Å². The Morgan fingerprint density at radius 2 is 1.94 bits per heavy atom. The van der Waals surface area contributed by atoms with Gasteiger partial charge < -0.3 is 4.74 Å². The average Bonchev–Trinajstić information content (AvgIpc) is 2.35. The summed E-state index contributed by atoms with van der Waals surface area (Å²) in [5.74, 6) is 0.575. The Morgan fingerprint density at radius 1 is 1.17 bits per heavy atom. The lowest BCUT2D eigenvalue weighted by Crippen LogP contribution is -1.93. The van der Waals surface area contributed by atoms with Gasteiger partial charge in [0.05, 0.1) is 16.7 Å². The van der Waals surface area contributed by atoms with Crippen molar-refractivity contribution >= 4 is 34.8 Å².